The summed E-state index contributed by atoms with van der Waals surface area (Å²) < 4.78 is 36.0. The molecule has 1 aliphatic rings. The third-order valence-corrected chi connectivity index (χ3v) is 2.45. The largest absolute Gasteiger partial charge is 0.481 e. The van der Waals surface area contributed by atoms with E-state index >= 15 is 0 Å². The van der Waals surface area contributed by atoms with Crippen LogP contribution in [0.2, 0.25) is 0 Å². The summed E-state index contributed by atoms with van der Waals surface area (Å²) in [7, 11) is 0. The van der Waals surface area contributed by atoms with Gasteiger partial charge >= 0.3 is 5.97 Å². The molecule has 0 bridgehead atoms. The normalized spacial score (nSPS) is 28.1. The summed E-state index contributed by atoms with van der Waals surface area (Å²) in [6, 6.07) is 0. The monoisotopic (exact) mass is 224 g/mol. The van der Waals surface area contributed by atoms with E-state index in [1.54, 1.807) is 13.8 Å². The Balaban J connectivity index is 2.84. The maximum atomic E-state index is 13.1. The second kappa shape index (κ2) is 4.02. The van der Waals surface area contributed by atoms with E-state index in [1.165, 1.54) is 0 Å². The molecule has 1 atom stereocenters. The minimum Gasteiger partial charge on any atom is -0.481 e. The zero-order valence-electron chi connectivity index (χ0n) is 8.63. The number of halogens is 2. The average Bonchev–Trinajstić information content (AvgIpc) is 2.70. The van der Waals surface area contributed by atoms with Crippen LogP contribution in [0.1, 0.15) is 20.3 Å². The van der Waals surface area contributed by atoms with Gasteiger partial charge in [-0.1, -0.05) is 0 Å². The van der Waals surface area contributed by atoms with Crippen LogP contribution in [0.15, 0.2) is 0 Å². The van der Waals surface area contributed by atoms with Crippen LogP contribution in [0.5, 0.6) is 0 Å². The number of rotatable bonds is 6. The molecule has 6 heteroatoms. The molecule has 15 heavy (non-hydrogen) atoms. The lowest BCUT2D eigenvalue weighted by molar-refractivity contribution is -0.207. The Morgan fingerprint density at radius 2 is 1.80 bits per heavy atom. The Hall–Kier alpha value is -0.750. The molecule has 0 aromatic rings. The van der Waals surface area contributed by atoms with Crippen LogP contribution in [0.3, 0.4) is 0 Å². The molecule has 1 N–H and O–H groups in total. The lowest BCUT2D eigenvalue weighted by Crippen LogP contribution is -2.39. The van der Waals surface area contributed by atoms with Gasteiger partial charge in [0, 0.05) is 19.6 Å². The molecule has 0 spiro atoms. The van der Waals surface area contributed by atoms with E-state index in [-0.39, 0.29) is 13.2 Å². The molecular formula is C9H14F2O4. The molecule has 4 nitrogen and oxygen atoms in total. The maximum Gasteiger partial charge on any atom is 0.321 e. The Labute approximate surface area is 86.2 Å². The fourth-order valence-electron chi connectivity index (χ4n) is 1.53. The van der Waals surface area contributed by atoms with Crippen molar-refractivity contribution in [2.45, 2.75) is 32.5 Å². The van der Waals surface area contributed by atoms with E-state index in [1.807, 2.05) is 0 Å². The number of alkyl halides is 2. The fourth-order valence-corrected chi connectivity index (χ4v) is 1.53. The van der Waals surface area contributed by atoms with E-state index in [4.69, 9.17) is 14.6 Å². The van der Waals surface area contributed by atoms with Crippen LogP contribution in [0.4, 0.5) is 8.78 Å². The van der Waals surface area contributed by atoms with E-state index in [2.05, 4.69) is 0 Å². The molecule has 0 aromatic carbocycles. The van der Waals surface area contributed by atoms with Crippen LogP contribution in [-0.4, -0.2) is 36.5 Å². The van der Waals surface area contributed by atoms with Crippen LogP contribution >= 0.6 is 0 Å². The quantitative estimate of drug-likeness (QED) is 0.694. The molecule has 1 fully saturated rings. The molecule has 1 aliphatic carbocycles. The minimum atomic E-state index is -3.24. The minimum absolute atomic E-state index is 0.135. The average molecular weight is 224 g/mol. The Morgan fingerprint density at radius 1 is 1.40 bits per heavy atom. The number of hydrogen-bond acceptors (Lipinski definition) is 3. The van der Waals surface area contributed by atoms with E-state index in [0.29, 0.717) is 0 Å². The third kappa shape index (κ3) is 1.83. The van der Waals surface area contributed by atoms with E-state index in [0.717, 1.165) is 0 Å². The highest BCUT2D eigenvalue weighted by atomic mass is 19.3. The predicted octanol–water partition coefficient (Wildman–Crippen LogP) is 1.50. The highest BCUT2D eigenvalue weighted by Gasteiger charge is 2.81. The highest BCUT2D eigenvalue weighted by Crippen LogP contribution is 2.63. The molecule has 0 saturated heterocycles. The SMILES string of the molecule is CCOC(OCC)C1(C(=O)O)CC1(F)F. The van der Waals surface area contributed by atoms with Crippen molar-refractivity contribution in [3.8, 4) is 0 Å². The summed E-state index contributed by atoms with van der Waals surface area (Å²) >= 11 is 0. The summed E-state index contributed by atoms with van der Waals surface area (Å²) in [5.74, 6) is -4.81. The molecular weight excluding hydrogens is 210 g/mol. The van der Waals surface area contributed by atoms with Gasteiger partial charge in [0.1, 0.15) is 0 Å². The summed E-state index contributed by atoms with van der Waals surface area (Å²) in [5, 5.41) is 8.82. The lowest BCUT2D eigenvalue weighted by Gasteiger charge is -2.23. The van der Waals surface area contributed by atoms with Gasteiger partial charge in [0.05, 0.1) is 0 Å². The predicted molar refractivity (Wildman–Crippen MR) is 46.7 cm³/mol. The van der Waals surface area contributed by atoms with Gasteiger partial charge in [0.25, 0.3) is 5.92 Å². The van der Waals surface area contributed by atoms with E-state index < -0.39 is 30.0 Å². The highest BCUT2D eigenvalue weighted by molar-refractivity contribution is 5.81. The first kappa shape index (κ1) is 12.3. The zero-order valence-corrected chi connectivity index (χ0v) is 8.63. The van der Waals surface area contributed by atoms with Crippen LogP contribution in [0.25, 0.3) is 0 Å². The van der Waals surface area contributed by atoms with Crippen molar-refractivity contribution in [2.24, 2.45) is 5.41 Å². The number of ether oxygens (including phenoxy) is 2. The smallest absolute Gasteiger partial charge is 0.321 e. The molecule has 0 amide bonds. The first-order valence-corrected chi connectivity index (χ1v) is 4.76. The zero-order chi connectivity index (χ0) is 11.7. The molecule has 1 unspecified atom stereocenters. The number of carboxylic acid groups (broad SMARTS) is 1. The van der Waals surface area contributed by atoms with Gasteiger partial charge in [-0.25, -0.2) is 8.78 Å². The molecule has 1 saturated carbocycles. The van der Waals surface area contributed by atoms with Crippen molar-refractivity contribution in [3.63, 3.8) is 0 Å². The Morgan fingerprint density at radius 3 is 2.00 bits per heavy atom. The molecule has 0 heterocycles. The summed E-state index contributed by atoms with van der Waals surface area (Å²) in [5.41, 5.74) is -2.20. The van der Waals surface area contributed by atoms with Gasteiger partial charge in [0.15, 0.2) is 11.7 Å². The van der Waals surface area contributed by atoms with E-state index in [9.17, 15) is 13.6 Å². The standard InChI is InChI=1S/C9H14F2O4/c1-3-14-7(15-4-2)8(6(12)13)5-9(8,10)11/h7H,3-5H2,1-2H3,(H,12,13). The van der Waals surface area contributed by atoms with Crippen molar-refractivity contribution in [2.75, 3.05) is 13.2 Å². The van der Waals surface area contributed by atoms with Gasteiger partial charge in [-0.2, -0.15) is 0 Å². The maximum absolute atomic E-state index is 13.1. The Bertz CT molecular complexity index is 250. The summed E-state index contributed by atoms with van der Waals surface area (Å²) in [6.45, 7) is 3.47. The summed E-state index contributed by atoms with van der Waals surface area (Å²) in [4.78, 5) is 10.9. The van der Waals surface area contributed by atoms with Crippen molar-refractivity contribution in [1.82, 2.24) is 0 Å². The van der Waals surface area contributed by atoms with Gasteiger partial charge in [-0.3, -0.25) is 4.79 Å². The van der Waals surface area contributed by atoms with Crippen molar-refractivity contribution in [1.29, 1.82) is 0 Å². The second-order valence-corrected chi connectivity index (χ2v) is 3.40. The molecule has 1 rings (SSSR count). The lowest BCUT2D eigenvalue weighted by atomic mass is 10.1. The van der Waals surface area contributed by atoms with Crippen molar-refractivity contribution >= 4 is 5.97 Å². The van der Waals surface area contributed by atoms with Crippen LogP contribution < -0.4 is 0 Å². The second-order valence-electron chi connectivity index (χ2n) is 3.40. The number of carbonyl (C=O) groups is 1. The van der Waals surface area contributed by atoms with Crippen molar-refractivity contribution < 1.29 is 28.2 Å². The Kier molecular flexibility index (Phi) is 3.30. The van der Waals surface area contributed by atoms with Gasteiger partial charge in [-0.15, -0.1) is 0 Å². The molecule has 0 aromatic heterocycles. The third-order valence-electron chi connectivity index (χ3n) is 2.45. The number of carboxylic acids is 1. The number of aliphatic carboxylic acids is 1. The van der Waals surface area contributed by atoms with Gasteiger partial charge in [0.2, 0.25) is 0 Å². The molecule has 0 radical (unpaired) electrons. The van der Waals surface area contributed by atoms with Crippen molar-refractivity contribution in [3.05, 3.63) is 0 Å². The number of hydrogen-bond donors (Lipinski definition) is 1. The molecule has 0 aliphatic heterocycles. The first-order chi connectivity index (χ1) is 6.92. The van der Waals surface area contributed by atoms with Crippen LogP contribution in [0, 0.1) is 5.41 Å². The van der Waals surface area contributed by atoms with Crippen LogP contribution in [-0.2, 0) is 14.3 Å². The first-order valence-electron chi connectivity index (χ1n) is 4.76. The molecule has 88 valence electrons. The van der Waals surface area contributed by atoms with Gasteiger partial charge < -0.3 is 14.6 Å². The fraction of sp³-hybridized carbons (Fsp3) is 0.889. The van der Waals surface area contributed by atoms with Gasteiger partial charge in [-0.05, 0) is 13.8 Å². The summed E-state index contributed by atoms with van der Waals surface area (Å²) in [6.07, 6.45) is -2.10. The topological polar surface area (TPSA) is 55.8 Å².